The summed E-state index contributed by atoms with van der Waals surface area (Å²) in [6.45, 7) is 3.81. The molecule has 150 valence electrons. The summed E-state index contributed by atoms with van der Waals surface area (Å²) in [5.74, 6) is 1.09. The first kappa shape index (κ1) is 18.9. The number of thiophene rings is 1. The zero-order valence-electron chi connectivity index (χ0n) is 15.7. The molecule has 2 aromatic heterocycles. The maximum atomic E-state index is 12.3. The lowest BCUT2D eigenvalue weighted by molar-refractivity contribution is -0.129. The van der Waals surface area contributed by atoms with Gasteiger partial charge in [0.25, 0.3) is 5.89 Å². The lowest BCUT2D eigenvalue weighted by Crippen LogP contribution is -2.58. The summed E-state index contributed by atoms with van der Waals surface area (Å²) in [6.07, 6.45) is 2.05. The third-order valence-corrected chi connectivity index (χ3v) is 5.96. The highest BCUT2D eigenvalue weighted by atomic mass is 32.1. The number of hydrogen-bond acceptors (Lipinski definition) is 7. The Bertz CT molecular complexity index is 823. The monoisotopic (exact) mass is 404 g/mol. The smallest absolute Gasteiger partial charge is 0.315 e. The first-order valence-electron chi connectivity index (χ1n) is 9.58. The van der Waals surface area contributed by atoms with Gasteiger partial charge in [-0.15, -0.1) is 21.5 Å². The molecule has 2 saturated heterocycles. The molecule has 2 aliphatic heterocycles. The zero-order valence-corrected chi connectivity index (χ0v) is 16.5. The van der Waals surface area contributed by atoms with E-state index in [-0.39, 0.29) is 30.1 Å². The number of nitrogens with zero attached hydrogens (tertiary/aromatic N) is 3. The summed E-state index contributed by atoms with van der Waals surface area (Å²) in [4.78, 5) is 27.4. The average Bonchev–Trinajstić information content (AvgIpc) is 3.42. The summed E-state index contributed by atoms with van der Waals surface area (Å²) in [5, 5.41) is 19.0. The summed E-state index contributed by atoms with van der Waals surface area (Å²) in [6, 6.07) is 3.47. The van der Waals surface area contributed by atoms with Crippen LogP contribution in [0, 0.1) is 0 Å². The van der Waals surface area contributed by atoms with E-state index in [1.54, 1.807) is 11.3 Å². The van der Waals surface area contributed by atoms with Crippen LogP contribution < -0.4 is 16.0 Å². The number of urea groups is 1. The SMILES string of the molecule is CCCNC(=O)N[C@H]1C[C@H]2C(=O)NC[C@@H](Cc3nnc(-c4cccs4)o3)N2C1. The lowest BCUT2D eigenvalue weighted by atomic mass is 10.1. The molecule has 0 aromatic carbocycles. The predicted octanol–water partition coefficient (Wildman–Crippen LogP) is 0.991. The lowest BCUT2D eigenvalue weighted by Gasteiger charge is -2.36. The van der Waals surface area contributed by atoms with E-state index in [1.807, 2.05) is 24.4 Å². The predicted molar refractivity (Wildman–Crippen MR) is 104 cm³/mol. The standard InChI is InChI=1S/C18H24N6O3S/c1-2-5-19-18(26)21-11-7-13-16(25)20-9-12(24(13)10-11)8-15-22-23-17(27-15)14-4-3-6-28-14/h3-4,6,11-13H,2,5,7-10H2,1H3,(H,20,25)(H2,19,21,26)/t11-,12+,13-/m0/s1. The molecule has 2 aromatic rings. The summed E-state index contributed by atoms with van der Waals surface area (Å²) < 4.78 is 5.81. The van der Waals surface area contributed by atoms with Gasteiger partial charge in [0.2, 0.25) is 11.8 Å². The second-order valence-corrected chi connectivity index (χ2v) is 8.07. The number of hydrogen-bond donors (Lipinski definition) is 3. The zero-order chi connectivity index (χ0) is 19.5. The van der Waals surface area contributed by atoms with Gasteiger partial charge in [0.05, 0.1) is 10.9 Å². The van der Waals surface area contributed by atoms with Gasteiger partial charge in [-0.3, -0.25) is 9.69 Å². The maximum absolute atomic E-state index is 12.3. The van der Waals surface area contributed by atoms with Crippen LogP contribution in [0.4, 0.5) is 4.79 Å². The largest absolute Gasteiger partial charge is 0.420 e. The highest BCUT2D eigenvalue weighted by Gasteiger charge is 2.44. The average molecular weight is 404 g/mol. The Morgan fingerprint density at radius 1 is 1.46 bits per heavy atom. The van der Waals surface area contributed by atoms with E-state index in [4.69, 9.17) is 4.42 Å². The molecule has 0 bridgehead atoms. The fourth-order valence-electron chi connectivity index (χ4n) is 3.78. The third kappa shape index (κ3) is 4.02. The van der Waals surface area contributed by atoms with Gasteiger partial charge < -0.3 is 20.4 Å². The fourth-order valence-corrected chi connectivity index (χ4v) is 4.43. The van der Waals surface area contributed by atoms with E-state index < -0.39 is 0 Å². The molecule has 3 N–H and O–H groups in total. The normalized spacial score (nSPS) is 24.6. The quantitative estimate of drug-likeness (QED) is 0.662. The van der Waals surface area contributed by atoms with Crippen LogP contribution in [0.1, 0.15) is 25.7 Å². The molecular weight excluding hydrogens is 380 g/mol. The first-order chi connectivity index (χ1) is 13.6. The third-order valence-electron chi connectivity index (χ3n) is 5.10. The van der Waals surface area contributed by atoms with Gasteiger partial charge in [-0.2, -0.15) is 0 Å². The minimum Gasteiger partial charge on any atom is -0.420 e. The number of carbonyl (C=O) groups excluding carboxylic acids is 2. The van der Waals surface area contributed by atoms with Crippen molar-refractivity contribution >= 4 is 23.3 Å². The van der Waals surface area contributed by atoms with E-state index in [0.29, 0.717) is 44.3 Å². The van der Waals surface area contributed by atoms with Crippen molar-refractivity contribution in [3.63, 3.8) is 0 Å². The Morgan fingerprint density at radius 2 is 2.36 bits per heavy atom. The van der Waals surface area contributed by atoms with Crippen molar-refractivity contribution < 1.29 is 14.0 Å². The van der Waals surface area contributed by atoms with Crippen LogP contribution in [0.2, 0.25) is 0 Å². The molecule has 2 aliphatic rings. The van der Waals surface area contributed by atoms with Crippen molar-refractivity contribution in [2.75, 3.05) is 19.6 Å². The Hall–Kier alpha value is -2.46. The van der Waals surface area contributed by atoms with Gasteiger partial charge in [-0.25, -0.2) is 4.79 Å². The van der Waals surface area contributed by atoms with Crippen LogP contribution in [0.25, 0.3) is 10.8 Å². The van der Waals surface area contributed by atoms with Gasteiger partial charge in [0.15, 0.2) is 0 Å². The number of carbonyl (C=O) groups is 2. The van der Waals surface area contributed by atoms with Crippen molar-refractivity contribution in [2.45, 2.75) is 44.3 Å². The molecule has 0 saturated carbocycles. The number of nitrogens with one attached hydrogen (secondary N) is 3. The van der Waals surface area contributed by atoms with Gasteiger partial charge in [0, 0.05) is 38.1 Å². The van der Waals surface area contributed by atoms with Crippen molar-refractivity contribution in [3.8, 4) is 10.8 Å². The van der Waals surface area contributed by atoms with E-state index in [2.05, 4.69) is 31.0 Å². The van der Waals surface area contributed by atoms with Gasteiger partial charge >= 0.3 is 6.03 Å². The highest BCUT2D eigenvalue weighted by Crippen LogP contribution is 2.27. The summed E-state index contributed by atoms with van der Waals surface area (Å²) in [5.41, 5.74) is 0. The second-order valence-electron chi connectivity index (χ2n) is 7.13. The van der Waals surface area contributed by atoms with Crippen molar-refractivity contribution in [1.29, 1.82) is 0 Å². The molecular formula is C18H24N6O3S. The number of amides is 3. The maximum Gasteiger partial charge on any atom is 0.315 e. The fraction of sp³-hybridized carbons (Fsp3) is 0.556. The molecule has 10 heteroatoms. The van der Waals surface area contributed by atoms with Crippen LogP contribution in [-0.4, -0.2) is 64.8 Å². The summed E-state index contributed by atoms with van der Waals surface area (Å²) >= 11 is 1.55. The Morgan fingerprint density at radius 3 is 3.14 bits per heavy atom. The van der Waals surface area contributed by atoms with Gasteiger partial charge in [-0.1, -0.05) is 13.0 Å². The molecule has 9 nitrogen and oxygen atoms in total. The Balaban J connectivity index is 1.40. The van der Waals surface area contributed by atoms with Gasteiger partial charge in [0.1, 0.15) is 0 Å². The summed E-state index contributed by atoms with van der Waals surface area (Å²) in [7, 11) is 0. The van der Waals surface area contributed by atoms with E-state index >= 15 is 0 Å². The van der Waals surface area contributed by atoms with Crippen LogP contribution in [0.15, 0.2) is 21.9 Å². The molecule has 2 fully saturated rings. The minimum absolute atomic E-state index is 0.0133. The van der Waals surface area contributed by atoms with Crippen molar-refractivity contribution in [1.82, 2.24) is 31.0 Å². The molecule has 0 unspecified atom stereocenters. The van der Waals surface area contributed by atoms with Crippen molar-refractivity contribution in [3.05, 3.63) is 23.4 Å². The highest BCUT2D eigenvalue weighted by molar-refractivity contribution is 7.13. The second kappa shape index (κ2) is 8.27. The van der Waals surface area contributed by atoms with Gasteiger partial charge in [-0.05, 0) is 24.3 Å². The first-order valence-corrected chi connectivity index (χ1v) is 10.5. The van der Waals surface area contributed by atoms with E-state index in [1.165, 1.54) is 0 Å². The molecule has 0 aliphatic carbocycles. The van der Waals surface area contributed by atoms with Crippen molar-refractivity contribution in [2.24, 2.45) is 0 Å². The number of fused-ring (bicyclic) bond motifs is 1. The van der Waals surface area contributed by atoms with E-state index in [9.17, 15) is 9.59 Å². The number of aromatic nitrogens is 2. The molecule has 0 radical (unpaired) electrons. The number of piperazine rings is 1. The molecule has 3 amide bonds. The molecule has 4 heterocycles. The Kier molecular flexibility index (Phi) is 5.58. The minimum atomic E-state index is -0.241. The van der Waals surface area contributed by atoms with Crippen LogP contribution >= 0.6 is 11.3 Å². The van der Waals surface area contributed by atoms with E-state index in [0.717, 1.165) is 11.3 Å². The Labute approximate surface area is 166 Å². The van der Waals surface area contributed by atoms with Crippen LogP contribution in [0.3, 0.4) is 0 Å². The van der Waals surface area contributed by atoms with Crippen LogP contribution in [0.5, 0.6) is 0 Å². The molecule has 0 spiro atoms. The molecule has 3 atom stereocenters. The molecule has 4 rings (SSSR count). The number of rotatable bonds is 6. The topological polar surface area (TPSA) is 112 Å². The van der Waals surface area contributed by atoms with Crippen LogP contribution in [-0.2, 0) is 11.2 Å². The molecule has 28 heavy (non-hydrogen) atoms.